The first kappa shape index (κ1) is 22.7. The van der Waals surface area contributed by atoms with Crippen molar-refractivity contribution >= 4 is 28.7 Å². The molecule has 2 rings (SSSR count). The zero-order chi connectivity index (χ0) is 22.3. The number of nitrogens with zero attached hydrogens (tertiary/aromatic N) is 1. The molecule has 1 aromatic rings. The van der Waals surface area contributed by atoms with Crippen molar-refractivity contribution < 1.29 is 9.53 Å². The fourth-order valence-electron chi connectivity index (χ4n) is 2.73. The van der Waals surface area contributed by atoms with Crippen molar-refractivity contribution in [2.75, 3.05) is 19.5 Å². The quantitative estimate of drug-likeness (QED) is 0.269. The van der Waals surface area contributed by atoms with Crippen molar-refractivity contribution in [1.29, 1.82) is 5.41 Å². The van der Waals surface area contributed by atoms with E-state index in [0.717, 1.165) is 24.0 Å². The van der Waals surface area contributed by atoms with Crippen molar-refractivity contribution in [2.24, 2.45) is 16.6 Å². The number of carbonyl (C=O) groups is 1. The van der Waals surface area contributed by atoms with Crippen LogP contribution in [-0.2, 0) is 4.79 Å². The molecule has 0 radical (unpaired) electrons. The van der Waals surface area contributed by atoms with E-state index in [-0.39, 0.29) is 23.4 Å². The number of ether oxygens (including phenoxy) is 1. The fourth-order valence-corrected chi connectivity index (χ4v) is 2.73. The molecule has 5 N–H and O–H groups in total. The summed E-state index contributed by atoms with van der Waals surface area (Å²) >= 11 is 0. The molecule has 1 aliphatic rings. The lowest BCUT2D eigenvalue weighted by atomic mass is 10.0. The summed E-state index contributed by atoms with van der Waals surface area (Å²) in [5, 5.41) is 14.5. The maximum atomic E-state index is 12.0. The van der Waals surface area contributed by atoms with Crippen LogP contribution in [-0.4, -0.2) is 31.6 Å². The molecule has 0 saturated heterocycles. The van der Waals surface area contributed by atoms with Crippen LogP contribution in [0.2, 0.25) is 0 Å². The van der Waals surface area contributed by atoms with Gasteiger partial charge in [0.05, 0.1) is 24.2 Å². The van der Waals surface area contributed by atoms with Crippen LogP contribution >= 0.6 is 0 Å². The van der Waals surface area contributed by atoms with E-state index in [9.17, 15) is 4.79 Å². The van der Waals surface area contributed by atoms with Crippen molar-refractivity contribution in [3.63, 3.8) is 0 Å². The predicted molar refractivity (Wildman–Crippen MR) is 124 cm³/mol. The molecule has 1 amide bonds. The number of nitrogens with one attached hydrogen (secondary N) is 3. The van der Waals surface area contributed by atoms with Gasteiger partial charge in [-0.1, -0.05) is 37.4 Å². The van der Waals surface area contributed by atoms with Crippen LogP contribution in [0.4, 0.5) is 5.69 Å². The molecule has 7 heteroatoms. The van der Waals surface area contributed by atoms with E-state index in [1.54, 1.807) is 14.2 Å². The van der Waals surface area contributed by atoms with Gasteiger partial charge < -0.3 is 21.1 Å². The molecule has 0 spiro atoms. The molecule has 0 unspecified atom stereocenters. The minimum absolute atomic E-state index is 0.0245. The minimum Gasteiger partial charge on any atom is -0.494 e. The van der Waals surface area contributed by atoms with Crippen LogP contribution in [0.5, 0.6) is 5.75 Å². The van der Waals surface area contributed by atoms with Gasteiger partial charge in [0, 0.05) is 24.6 Å². The summed E-state index contributed by atoms with van der Waals surface area (Å²) in [5.41, 5.74) is 8.96. The van der Waals surface area contributed by atoms with Gasteiger partial charge >= 0.3 is 0 Å². The first-order valence-electron chi connectivity index (χ1n) is 9.64. The van der Waals surface area contributed by atoms with E-state index < -0.39 is 0 Å². The lowest BCUT2D eigenvalue weighted by Gasteiger charge is -2.18. The van der Waals surface area contributed by atoms with E-state index in [4.69, 9.17) is 15.9 Å². The second-order valence-corrected chi connectivity index (χ2v) is 6.85. The number of amidine groups is 1. The van der Waals surface area contributed by atoms with Gasteiger partial charge in [-0.15, -0.1) is 0 Å². The van der Waals surface area contributed by atoms with Crippen molar-refractivity contribution in [1.82, 2.24) is 5.32 Å². The number of amides is 1. The average molecular weight is 408 g/mol. The normalized spacial score (nSPS) is 14.4. The zero-order valence-electron chi connectivity index (χ0n) is 17.7. The van der Waals surface area contributed by atoms with E-state index >= 15 is 0 Å². The molecule has 0 aliphatic heterocycles. The highest BCUT2D eigenvalue weighted by atomic mass is 16.5. The van der Waals surface area contributed by atoms with E-state index in [2.05, 4.69) is 28.8 Å². The van der Waals surface area contributed by atoms with Gasteiger partial charge in [0.15, 0.2) is 0 Å². The van der Waals surface area contributed by atoms with E-state index in [0.29, 0.717) is 22.8 Å². The molecule has 1 fully saturated rings. The van der Waals surface area contributed by atoms with Gasteiger partial charge in [-0.25, -0.2) is 0 Å². The average Bonchev–Trinajstić information content (AvgIpc) is 3.57. The van der Waals surface area contributed by atoms with Gasteiger partial charge in [0.25, 0.3) is 5.91 Å². The highest BCUT2D eigenvalue weighted by molar-refractivity contribution is 6.15. The largest absolute Gasteiger partial charge is 0.494 e. The van der Waals surface area contributed by atoms with E-state index in [1.165, 1.54) is 6.08 Å². The molecule has 1 aliphatic carbocycles. The van der Waals surface area contributed by atoms with Gasteiger partial charge in [0.2, 0.25) is 0 Å². The second-order valence-electron chi connectivity index (χ2n) is 6.85. The van der Waals surface area contributed by atoms with Crippen LogP contribution in [0.3, 0.4) is 0 Å². The number of para-hydroxylation sites is 1. The summed E-state index contributed by atoms with van der Waals surface area (Å²) < 4.78 is 5.61. The third kappa shape index (κ3) is 5.70. The molecule has 1 aromatic carbocycles. The first-order chi connectivity index (χ1) is 14.3. The Morgan fingerprint density at radius 3 is 2.63 bits per heavy atom. The zero-order valence-corrected chi connectivity index (χ0v) is 17.7. The number of hydrogen-bond acceptors (Lipinski definition) is 5. The van der Waals surface area contributed by atoms with Crippen LogP contribution in [0.1, 0.15) is 25.3 Å². The molecule has 0 heterocycles. The topological polar surface area (TPSA) is 113 Å². The number of hydrogen-bond donors (Lipinski definition) is 4. The summed E-state index contributed by atoms with van der Waals surface area (Å²) in [6.45, 7) is 9.82. The maximum absolute atomic E-state index is 12.0. The maximum Gasteiger partial charge on any atom is 0.250 e. The molecular formula is C23H29N5O2. The Bertz CT molecular complexity index is 952. The van der Waals surface area contributed by atoms with Crippen LogP contribution in [0.15, 0.2) is 66.0 Å². The number of anilines is 1. The molecule has 7 nitrogen and oxygen atoms in total. The Morgan fingerprint density at radius 2 is 2.07 bits per heavy atom. The Labute approximate surface area is 177 Å². The molecule has 0 atom stereocenters. The van der Waals surface area contributed by atoms with Gasteiger partial charge in [-0.3, -0.25) is 10.2 Å². The number of methoxy groups -OCH3 is 1. The minimum atomic E-state index is -0.232. The molecule has 1 saturated carbocycles. The van der Waals surface area contributed by atoms with Crippen molar-refractivity contribution in [3.05, 3.63) is 66.5 Å². The standard InChI is InChI=1S/C23H29N5O2/c1-6-8-14(2)17-9-7-10-18(22(17)30-5)27-19(21(25)15(3)26-4)13-20(24)28-23(29)16-11-12-16/h6-10,13,16,25-27H,2-3,11-12H2,1,4-5H3,(H2,24,28,29)/b8-6-,19-13+,25-21?. The van der Waals surface area contributed by atoms with Gasteiger partial charge in [-0.2, -0.15) is 4.99 Å². The molecule has 0 aromatic heterocycles. The third-order valence-corrected chi connectivity index (χ3v) is 4.53. The Kier molecular flexibility index (Phi) is 7.75. The summed E-state index contributed by atoms with van der Waals surface area (Å²) in [7, 11) is 3.24. The molecule has 158 valence electrons. The lowest BCUT2D eigenvalue weighted by molar-refractivity contribution is -0.118. The van der Waals surface area contributed by atoms with E-state index in [1.807, 2.05) is 37.3 Å². The van der Waals surface area contributed by atoms with Crippen molar-refractivity contribution in [3.8, 4) is 5.75 Å². The Morgan fingerprint density at radius 1 is 1.37 bits per heavy atom. The number of aliphatic imine (C=N–C) groups is 1. The molecule has 30 heavy (non-hydrogen) atoms. The summed E-state index contributed by atoms with van der Waals surface area (Å²) in [6, 6.07) is 5.58. The predicted octanol–water partition coefficient (Wildman–Crippen LogP) is 3.63. The van der Waals surface area contributed by atoms with Crippen LogP contribution in [0.25, 0.3) is 5.57 Å². The van der Waals surface area contributed by atoms with Gasteiger partial charge in [-0.05, 0) is 31.4 Å². The smallest absolute Gasteiger partial charge is 0.250 e. The second kappa shape index (κ2) is 10.2. The van der Waals surface area contributed by atoms with Gasteiger partial charge in [0.1, 0.15) is 17.3 Å². The first-order valence-corrected chi connectivity index (χ1v) is 9.64. The summed E-state index contributed by atoms with van der Waals surface area (Å²) in [5.74, 6) is 0.328. The number of nitrogens with two attached hydrogens (primary N) is 1. The third-order valence-electron chi connectivity index (χ3n) is 4.53. The van der Waals surface area contributed by atoms with Crippen LogP contribution in [0, 0.1) is 11.3 Å². The number of rotatable bonds is 10. The molecule has 0 bridgehead atoms. The fraction of sp³-hybridized carbons (Fsp3) is 0.261. The SMILES string of the molecule is C=C(NC)C(=N)/C(=C\C(N)=NC(=O)C1CC1)Nc1cccc(C(=C)/C=C\C)c1OC. The highest BCUT2D eigenvalue weighted by Crippen LogP contribution is 2.34. The molecular weight excluding hydrogens is 378 g/mol. The number of carbonyl (C=O) groups excluding carboxylic acids is 1. The Hall–Kier alpha value is -3.61. The lowest BCUT2D eigenvalue weighted by Crippen LogP contribution is -2.23. The summed E-state index contributed by atoms with van der Waals surface area (Å²) in [6.07, 6.45) is 6.93. The van der Waals surface area contributed by atoms with Crippen molar-refractivity contribution in [2.45, 2.75) is 19.8 Å². The van der Waals surface area contributed by atoms with Crippen LogP contribution < -0.4 is 21.1 Å². The monoisotopic (exact) mass is 407 g/mol. The number of allylic oxidation sites excluding steroid dienone is 3. The highest BCUT2D eigenvalue weighted by Gasteiger charge is 2.29. The summed E-state index contributed by atoms with van der Waals surface area (Å²) in [4.78, 5) is 15.9. The Balaban J connectivity index is 2.45. The number of benzene rings is 1.